The van der Waals surface area contributed by atoms with Crippen LogP contribution in [0.4, 0.5) is 34.5 Å². The number of nitrogens with zero attached hydrogens (tertiary/aromatic N) is 7. The van der Waals surface area contributed by atoms with Gasteiger partial charge in [-0.25, -0.2) is 15.0 Å². The monoisotopic (exact) mass is 985 g/mol. The van der Waals surface area contributed by atoms with Crippen molar-refractivity contribution < 1.29 is 0 Å². The molecule has 2 aromatic heterocycles. The van der Waals surface area contributed by atoms with Crippen molar-refractivity contribution in [2.24, 2.45) is 0 Å². The minimum atomic E-state index is 0.422. The molecule has 0 N–H and O–H groups in total. The van der Waals surface area contributed by atoms with Crippen LogP contribution < -0.4 is 9.80 Å². The predicted octanol–water partition coefficient (Wildman–Crippen LogP) is 18.1. The van der Waals surface area contributed by atoms with Crippen molar-refractivity contribution >= 4 is 34.5 Å². The summed E-state index contributed by atoms with van der Waals surface area (Å²) in [5.74, 6) is 2.69. The van der Waals surface area contributed by atoms with Crippen LogP contribution in [0, 0.1) is 55.4 Å². The van der Waals surface area contributed by atoms with Crippen LogP contribution in [0.2, 0.25) is 0 Å². The highest BCUT2D eigenvalue weighted by Gasteiger charge is 2.28. The third kappa shape index (κ3) is 9.79. The summed E-state index contributed by atoms with van der Waals surface area (Å²) in [6.45, 7) is 17.6. The van der Waals surface area contributed by atoms with Gasteiger partial charge >= 0.3 is 0 Å². The lowest BCUT2D eigenvalue weighted by Crippen LogP contribution is -2.20. The third-order valence-corrected chi connectivity index (χ3v) is 14.0. The number of aryl methyl sites for hydroxylation is 8. The SMILES string of the molecule is Cc1cc(C)c(N(c2cc(C)c(N(c3cc(-c4ccccc4)nc(-c4ccccc4)n3)c3nc(-c4ccccc4)nc(-c4ccc(-c5ccccc5-c5ccccc5)cc4)n3)c(C)c2)c2c(C)cc(C)cc2C)c(C)c1. The molecule has 0 aliphatic rings. The van der Waals surface area contributed by atoms with Crippen molar-refractivity contribution in [3.8, 4) is 67.7 Å². The number of rotatable bonds is 12. The molecule has 2 heterocycles. The van der Waals surface area contributed by atoms with Crippen molar-refractivity contribution in [3.05, 3.63) is 257 Å². The Morgan fingerprint density at radius 1 is 0.276 bits per heavy atom. The zero-order chi connectivity index (χ0) is 52.5. The molecule has 11 aromatic rings. The summed E-state index contributed by atoms with van der Waals surface area (Å²) < 4.78 is 0. The van der Waals surface area contributed by atoms with Crippen molar-refractivity contribution in [1.29, 1.82) is 0 Å². The summed E-state index contributed by atoms with van der Waals surface area (Å²) in [5, 5.41) is 0. The van der Waals surface area contributed by atoms with Gasteiger partial charge in [0.15, 0.2) is 17.5 Å². The van der Waals surface area contributed by atoms with E-state index in [4.69, 9.17) is 24.9 Å². The van der Waals surface area contributed by atoms with Crippen molar-refractivity contribution in [2.45, 2.75) is 55.4 Å². The molecule has 0 unspecified atom stereocenters. The second-order valence-corrected chi connectivity index (χ2v) is 19.9. The van der Waals surface area contributed by atoms with E-state index in [1.54, 1.807) is 0 Å². The van der Waals surface area contributed by atoms with E-state index < -0.39 is 0 Å². The van der Waals surface area contributed by atoms with E-state index in [1.807, 2.05) is 66.7 Å². The normalized spacial score (nSPS) is 11.2. The molecule has 0 aliphatic heterocycles. The van der Waals surface area contributed by atoms with Crippen LogP contribution in [0.3, 0.4) is 0 Å². The highest BCUT2D eigenvalue weighted by Crippen LogP contribution is 2.47. The fourth-order valence-electron chi connectivity index (χ4n) is 10.9. The fourth-order valence-corrected chi connectivity index (χ4v) is 10.9. The first-order chi connectivity index (χ1) is 37.0. The Morgan fingerprint density at radius 3 is 1.08 bits per heavy atom. The van der Waals surface area contributed by atoms with Gasteiger partial charge in [-0.1, -0.05) is 205 Å². The quantitative estimate of drug-likeness (QED) is 0.121. The van der Waals surface area contributed by atoms with Crippen LogP contribution in [0.25, 0.3) is 67.7 Å². The summed E-state index contributed by atoms with van der Waals surface area (Å²) >= 11 is 0. The molecule has 0 amide bonds. The summed E-state index contributed by atoms with van der Waals surface area (Å²) in [6.07, 6.45) is 0. The third-order valence-electron chi connectivity index (χ3n) is 14.0. The Bertz CT molecular complexity index is 3710. The first-order valence-corrected chi connectivity index (χ1v) is 25.9. The number of hydrogen-bond acceptors (Lipinski definition) is 7. The van der Waals surface area contributed by atoms with E-state index in [2.05, 4.69) is 211 Å². The molecule has 0 saturated heterocycles. The first kappa shape index (κ1) is 48.9. The Labute approximate surface area is 447 Å². The van der Waals surface area contributed by atoms with Crippen LogP contribution in [-0.2, 0) is 0 Å². The summed E-state index contributed by atoms with van der Waals surface area (Å²) in [5.41, 5.74) is 22.5. The molecule has 11 rings (SSSR count). The van der Waals surface area contributed by atoms with E-state index in [-0.39, 0.29) is 0 Å². The summed E-state index contributed by atoms with van der Waals surface area (Å²) in [6, 6.07) is 74.1. The van der Waals surface area contributed by atoms with E-state index in [1.165, 1.54) is 55.9 Å². The second-order valence-electron chi connectivity index (χ2n) is 19.9. The van der Waals surface area contributed by atoms with Crippen molar-refractivity contribution in [3.63, 3.8) is 0 Å². The molecule has 9 aromatic carbocycles. The van der Waals surface area contributed by atoms with Crippen LogP contribution >= 0.6 is 0 Å². The van der Waals surface area contributed by atoms with E-state index in [0.29, 0.717) is 29.2 Å². The van der Waals surface area contributed by atoms with Crippen LogP contribution in [0.5, 0.6) is 0 Å². The topological polar surface area (TPSA) is 70.9 Å². The highest BCUT2D eigenvalue weighted by molar-refractivity contribution is 5.89. The largest absolute Gasteiger partial charge is 0.309 e. The smallest absolute Gasteiger partial charge is 0.239 e. The molecule has 76 heavy (non-hydrogen) atoms. The van der Waals surface area contributed by atoms with Gasteiger partial charge < -0.3 is 4.90 Å². The number of anilines is 6. The minimum Gasteiger partial charge on any atom is -0.309 e. The molecular weight excluding hydrogens is 927 g/mol. The van der Waals surface area contributed by atoms with Crippen LogP contribution in [-0.4, -0.2) is 24.9 Å². The Morgan fingerprint density at radius 2 is 0.618 bits per heavy atom. The van der Waals surface area contributed by atoms with Gasteiger partial charge in [-0.2, -0.15) is 9.97 Å². The molecule has 0 fully saturated rings. The lowest BCUT2D eigenvalue weighted by Gasteiger charge is -2.34. The second kappa shape index (κ2) is 20.9. The van der Waals surface area contributed by atoms with Gasteiger partial charge in [-0.3, -0.25) is 4.90 Å². The van der Waals surface area contributed by atoms with Crippen molar-refractivity contribution in [1.82, 2.24) is 24.9 Å². The van der Waals surface area contributed by atoms with Gasteiger partial charge in [-0.05, 0) is 123 Å². The summed E-state index contributed by atoms with van der Waals surface area (Å²) in [4.78, 5) is 31.4. The van der Waals surface area contributed by atoms with E-state index in [0.717, 1.165) is 61.6 Å². The molecular formula is C69H59N7. The Hall–Kier alpha value is -9.33. The zero-order valence-corrected chi connectivity index (χ0v) is 44.3. The molecule has 7 nitrogen and oxygen atoms in total. The Balaban J connectivity index is 1.15. The number of benzene rings is 9. The van der Waals surface area contributed by atoms with E-state index in [9.17, 15) is 0 Å². The number of aromatic nitrogens is 5. The summed E-state index contributed by atoms with van der Waals surface area (Å²) in [7, 11) is 0. The van der Waals surface area contributed by atoms with Gasteiger partial charge in [0.25, 0.3) is 0 Å². The maximum atomic E-state index is 5.49. The molecule has 0 radical (unpaired) electrons. The first-order valence-electron chi connectivity index (χ1n) is 25.9. The average molecular weight is 986 g/mol. The van der Waals surface area contributed by atoms with Gasteiger partial charge in [0, 0.05) is 34.0 Å². The molecule has 0 saturated carbocycles. The molecule has 0 aliphatic carbocycles. The fraction of sp³-hybridized carbons (Fsp3) is 0.116. The maximum absolute atomic E-state index is 5.49. The Kier molecular flexibility index (Phi) is 13.4. The van der Waals surface area contributed by atoms with Crippen LogP contribution in [0.1, 0.15) is 44.5 Å². The molecule has 0 bridgehead atoms. The highest BCUT2D eigenvalue weighted by atomic mass is 15.3. The van der Waals surface area contributed by atoms with Gasteiger partial charge in [0.1, 0.15) is 5.82 Å². The maximum Gasteiger partial charge on any atom is 0.239 e. The van der Waals surface area contributed by atoms with Crippen LogP contribution in [0.15, 0.2) is 212 Å². The average Bonchev–Trinajstić information content (AvgIpc) is 3.53. The molecule has 0 spiro atoms. The number of hydrogen-bond donors (Lipinski definition) is 0. The lowest BCUT2D eigenvalue weighted by molar-refractivity contribution is 0.994. The predicted molar refractivity (Wildman–Crippen MR) is 315 cm³/mol. The molecule has 370 valence electrons. The van der Waals surface area contributed by atoms with Gasteiger partial charge in [-0.15, -0.1) is 0 Å². The minimum absolute atomic E-state index is 0.422. The standard InChI is InChI=1S/C69H59N7/c1-44-37-46(3)63(47(4)38-44)75(64-48(5)39-45(2)40-49(64)6)58-41-50(7)65(51(8)42-58)76(62-43-61(54-25-15-10-16-26-54)70-66(71-62)55-27-17-11-18-28-55)69-73-67(56-29-19-12-20-30-56)72-68(74-69)57-35-33-53(34-36-57)60-32-22-21-31-59(60)52-23-13-9-14-24-52/h9-43H,1-8H3. The lowest BCUT2D eigenvalue weighted by atomic mass is 9.94. The van der Waals surface area contributed by atoms with Crippen molar-refractivity contribution in [2.75, 3.05) is 9.80 Å². The van der Waals surface area contributed by atoms with Gasteiger partial charge in [0.2, 0.25) is 5.95 Å². The molecule has 7 heteroatoms. The van der Waals surface area contributed by atoms with E-state index >= 15 is 0 Å². The zero-order valence-electron chi connectivity index (χ0n) is 44.3. The molecule has 0 atom stereocenters. The van der Waals surface area contributed by atoms with Gasteiger partial charge in [0.05, 0.1) is 22.8 Å².